The number of aryl methyl sites for hydroxylation is 1. The smallest absolute Gasteiger partial charge is 0.255 e. The number of nitrogens with zero attached hydrogens (tertiary/aromatic N) is 2. The third kappa shape index (κ3) is 3.03. The lowest BCUT2D eigenvalue weighted by atomic mass is 10.2. The molecule has 1 atom stereocenters. The van der Waals surface area contributed by atoms with E-state index in [2.05, 4.69) is 10.3 Å². The van der Waals surface area contributed by atoms with Crippen LogP contribution in [0, 0.1) is 6.92 Å². The Kier molecular flexibility index (Phi) is 3.74. The summed E-state index contributed by atoms with van der Waals surface area (Å²) in [5.41, 5.74) is 1.69. The molecule has 92 valence electrons. The lowest BCUT2D eigenvalue weighted by Crippen LogP contribution is -2.38. The highest BCUT2D eigenvalue weighted by Crippen LogP contribution is 2.09. The van der Waals surface area contributed by atoms with E-state index >= 15 is 0 Å². The first kappa shape index (κ1) is 12.0. The zero-order valence-electron chi connectivity index (χ0n) is 10.4. The second-order valence-corrected chi connectivity index (χ2v) is 4.73. The van der Waals surface area contributed by atoms with Crippen molar-refractivity contribution < 1.29 is 4.79 Å². The third-order valence-corrected chi connectivity index (χ3v) is 3.13. The van der Waals surface area contributed by atoms with Gasteiger partial charge >= 0.3 is 0 Å². The van der Waals surface area contributed by atoms with Gasteiger partial charge in [0.15, 0.2) is 0 Å². The van der Waals surface area contributed by atoms with Crippen molar-refractivity contribution in [1.29, 1.82) is 0 Å². The first-order valence-corrected chi connectivity index (χ1v) is 6.07. The van der Waals surface area contributed by atoms with Gasteiger partial charge in [-0.15, -0.1) is 0 Å². The molecule has 1 aliphatic heterocycles. The fourth-order valence-corrected chi connectivity index (χ4v) is 2.22. The Morgan fingerprint density at radius 3 is 3.06 bits per heavy atom. The maximum absolute atomic E-state index is 12.1. The molecule has 0 aromatic carbocycles. The number of pyridine rings is 1. The number of carbonyl (C=O) groups excluding carboxylic acids is 1. The summed E-state index contributed by atoms with van der Waals surface area (Å²) >= 11 is 0. The van der Waals surface area contributed by atoms with E-state index < -0.39 is 0 Å². The Balaban J connectivity index is 1.98. The third-order valence-electron chi connectivity index (χ3n) is 3.13. The number of aromatic nitrogens is 1. The summed E-state index contributed by atoms with van der Waals surface area (Å²) in [4.78, 5) is 18.0. The molecule has 1 fully saturated rings. The normalized spacial score (nSPS) is 19.3. The van der Waals surface area contributed by atoms with Crippen molar-refractivity contribution in [2.24, 2.45) is 0 Å². The average molecular weight is 233 g/mol. The minimum absolute atomic E-state index is 0.0508. The topological polar surface area (TPSA) is 45.2 Å². The van der Waals surface area contributed by atoms with Crippen LogP contribution in [-0.2, 0) is 0 Å². The highest BCUT2D eigenvalue weighted by atomic mass is 16.2. The van der Waals surface area contributed by atoms with E-state index in [1.54, 1.807) is 17.3 Å². The minimum atomic E-state index is 0.0508. The number of rotatable bonds is 3. The molecule has 1 amide bonds. The quantitative estimate of drug-likeness (QED) is 0.853. The molecular formula is C13H19N3O. The lowest BCUT2D eigenvalue weighted by molar-refractivity contribution is 0.0783. The first-order valence-electron chi connectivity index (χ1n) is 6.07. The number of likely N-dealkylation sites (N-methyl/N-ethyl adjacent to an activating group) is 1. The van der Waals surface area contributed by atoms with Crippen molar-refractivity contribution in [1.82, 2.24) is 15.2 Å². The predicted octanol–water partition coefficient (Wildman–Crippen LogP) is 1.21. The monoisotopic (exact) mass is 233 g/mol. The van der Waals surface area contributed by atoms with Crippen LogP contribution in [0.15, 0.2) is 18.5 Å². The van der Waals surface area contributed by atoms with Crippen molar-refractivity contribution >= 4 is 5.91 Å². The van der Waals surface area contributed by atoms with Crippen LogP contribution in [-0.4, -0.2) is 42.0 Å². The molecule has 1 aromatic rings. The van der Waals surface area contributed by atoms with Crippen molar-refractivity contribution in [3.05, 3.63) is 29.6 Å². The summed E-state index contributed by atoms with van der Waals surface area (Å²) in [6, 6.07) is 2.33. The van der Waals surface area contributed by atoms with Gasteiger partial charge in [-0.25, -0.2) is 0 Å². The van der Waals surface area contributed by atoms with Crippen LogP contribution < -0.4 is 5.32 Å². The molecule has 1 unspecified atom stereocenters. The van der Waals surface area contributed by atoms with Gasteiger partial charge in [-0.3, -0.25) is 9.78 Å². The Morgan fingerprint density at radius 2 is 2.41 bits per heavy atom. The van der Waals surface area contributed by atoms with Gasteiger partial charge in [-0.05, 0) is 37.9 Å². The SMILES string of the molecule is Cc1cncc(C(=O)N(C)CC2CCCN2)c1. The highest BCUT2D eigenvalue weighted by Gasteiger charge is 2.19. The second kappa shape index (κ2) is 5.27. The summed E-state index contributed by atoms with van der Waals surface area (Å²) < 4.78 is 0. The van der Waals surface area contributed by atoms with Crippen LogP contribution in [0.4, 0.5) is 0 Å². The maximum atomic E-state index is 12.1. The van der Waals surface area contributed by atoms with Crippen LogP contribution in [0.1, 0.15) is 28.8 Å². The maximum Gasteiger partial charge on any atom is 0.255 e. The van der Waals surface area contributed by atoms with E-state index in [4.69, 9.17) is 0 Å². The van der Waals surface area contributed by atoms with E-state index in [1.165, 1.54) is 6.42 Å². The molecular weight excluding hydrogens is 214 g/mol. The molecule has 0 saturated carbocycles. The van der Waals surface area contributed by atoms with Gasteiger partial charge in [0.05, 0.1) is 5.56 Å². The molecule has 4 heteroatoms. The fourth-order valence-electron chi connectivity index (χ4n) is 2.22. The van der Waals surface area contributed by atoms with Crippen LogP contribution in [0.2, 0.25) is 0 Å². The summed E-state index contributed by atoms with van der Waals surface area (Å²) in [6.45, 7) is 3.79. The zero-order chi connectivity index (χ0) is 12.3. The summed E-state index contributed by atoms with van der Waals surface area (Å²) in [6.07, 6.45) is 5.76. The summed E-state index contributed by atoms with van der Waals surface area (Å²) in [5, 5.41) is 3.40. The average Bonchev–Trinajstić information content (AvgIpc) is 2.80. The molecule has 17 heavy (non-hydrogen) atoms. The van der Waals surface area contributed by atoms with Gasteiger partial charge in [-0.1, -0.05) is 0 Å². The van der Waals surface area contributed by atoms with Crippen LogP contribution in [0.25, 0.3) is 0 Å². The minimum Gasteiger partial charge on any atom is -0.340 e. The Bertz CT molecular complexity index is 399. The van der Waals surface area contributed by atoms with Crippen LogP contribution in [0.5, 0.6) is 0 Å². The second-order valence-electron chi connectivity index (χ2n) is 4.73. The summed E-state index contributed by atoms with van der Waals surface area (Å²) in [5.74, 6) is 0.0508. The molecule has 0 bridgehead atoms. The van der Waals surface area contributed by atoms with Crippen molar-refractivity contribution in [3.8, 4) is 0 Å². The van der Waals surface area contributed by atoms with Gasteiger partial charge < -0.3 is 10.2 Å². The molecule has 1 saturated heterocycles. The molecule has 2 heterocycles. The van der Waals surface area contributed by atoms with Gasteiger partial charge in [0, 0.05) is 32.0 Å². The molecule has 0 aliphatic carbocycles. The molecule has 1 N–H and O–H groups in total. The number of nitrogens with one attached hydrogen (secondary N) is 1. The molecule has 0 spiro atoms. The van der Waals surface area contributed by atoms with E-state index in [0.29, 0.717) is 11.6 Å². The Morgan fingerprint density at radius 1 is 1.59 bits per heavy atom. The zero-order valence-corrected chi connectivity index (χ0v) is 10.4. The standard InChI is InChI=1S/C13H19N3O/c1-10-6-11(8-14-7-10)13(17)16(2)9-12-4-3-5-15-12/h6-8,12,15H,3-5,9H2,1-2H3. The predicted molar refractivity (Wildman–Crippen MR) is 67.0 cm³/mol. The Hall–Kier alpha value is -1.42. The van der Waals surface area contributed by atoms with Crippen LogP contribution in [0.3, 0.4) is 0 Å². The van der Waals surface area contributed by atoms with E-state index in [0.717, 1.165) is 25.1 Å². The first-order chi connectivity index (χ1) is 8.16. The Labute approximate surface area is 102 Å². The lowest BCUT2D eigenvalue weighted by Gasteiger charge is -2.21. The van der Waals surface area contributed by atoms with Crippen molar-refractivity contribution in [2.75, 3.05) is 20.1 Å². The molecule has 0 radical (unpaired) electrons. The molecule has 1 aliphatic rings. The van der Waals surface area contributed by atoms with Gasteiger partial charge in [-0.2, -0.15) is 0 Å². The molecule has 4 nitrogen and oxygen atoms in total. The molecule has 2 rings (SSSR count). The highest BCUT2D eigenvalue weighted by molar-refractivity contribution is 5.93. The largest absolute Gasteiger partial charge is 0.340 e. The van der Waals surface area contributed by atoms with E-state index in [9.17, 15) is 4.79 Å². The van der Waals surface area contributed by atoms with E-state index in [-0.39, 0.29) is 5.91 Å². The van der Waals surface area contributed by atoms with Gasteiger partial charge in [0.2, 0.25) is 0 Å². The number of hydrogen-bond acceptors (Lipinski definition) is 3. The van der Waals surface area contributed by atoms with Gasteiger partial charge in [0.1, 0.15) is 0 Å². The number of hydrogen-bond donors (Lipinski definition) is 1. The number of amides is 1. The van der Waals surface area contributed by atoms with Crippen molar-refractivity contribution in [3.63, 3.8) is 0 Å². The molecule has 1 aromatic heterocycles. The number of carbonyl (C=O) groups is 1. The fraction of sp³-hybridized carbons (Fsp3) is 0.538. The van der Waals surface area contributed by atoms with E-state index in [1.807, 2.05) is 20.0 Å². The van der Waals surface area contributed by atoms with Crippen molar-refractivity contribution in [2.45, 2.75) is 25.8 Å². The summed E-state index contributed by atoms with van der Waals surface area (Å²) in [7, 11) is 1.85. The van der Waals surface area contributed by atoms with Gasteiger partial charge in [0.25, 0.3) is 5.91 Å². The van der Waals surface area contributed by atoms with Crippen LogP contribution >= 0.6 is 0 Å².